The minimum absolute atomic E-state index is 0.000602. The molecule has 0 N–H and O–H groups in total. The van der Waals surface area contributed by atoms with E-state index in [0.29, 0.717) is 17.9 Å². The van der Waals surface area contributed by atoms with Gasteiger partial charge < -0.3 is 9.47 Å². The first-order valence-electron chi connectivity index (χ1n) is 11.7. The number of hydrogen-bond acceptors (Lipinski definition) is 5. The van der Waals surface area contributed by atoms with E-state index in [0.717, 1.165) is 42.0 Å². The summed E-state index contributed by atoms with van der Waals surface area (Å²) in [6.45, 7) is 2.24. The molecule has 1 fully saturated rings. The summed E-state index contributed by atoms with van der Waals surface area (Å²) >= 11 is 0. The van der Waals surface area contributed by atoms with Crippen LogP contribution in [-0.2, 0) is 19.8 Å². The Kier molecular flexibility index (Phi) is 6.94. The van der Waals surface area contributed by atoms with Crippen LogP contribution in [0.1, 0.15) is 51.0 Å². The molecule has 2 atom stereocenters. The highest BCUT2D eigenvalue weighted by Gasteiger charge is 2.52. The molecule has 2 aliphatic rings. The van der Waals surface area contributed by atoms with Gasteiger partial charge in [0.15, 0.2) is 6.10 Å². The summed E-state index contributed by atoms with van der Waals surface area (Å²) in [6.07, 6.45) is 9.15. The Morgan fingerprint density at radius 2 is 1.85 bits per heavy atom. The molecule has 6 nitrogen and oxygen atoms in total. The van der Waals surface area contributed by atoms with Gasteiger partial charge in [-0.25, -0.2) is 0 Å². The van der Waals surface area contributed by atoms with Gasteiger partial charge in [0.25, 0.3) is 5.54 Å². The fraction of sp³-hybridized carbons (Fsp3) is 0.444. The summed E-state index contributed by atoms with van der Waals surface area (Å²) in [7, 11) is 1.35. The first kappa shape index (κ1) is 23.2. The molecule has 2 aromatic rings. The fourth-order valence-electron chi connectivity index (χ4n) is 4.94. The lowest BCUT2D eigenvalue weighted by atomic mass is 9.78. The molecule has 6 heteroatoms. The molecule has 2 aliphatic carbocycles. The average Bonchev–Trinajstić information content (AvgIpc) is 2.84. The number of ether oxygens (including phenoxy) is 2. The number of allylic oxidation sites excluding steroid dienone is 2. The summed E-state index contributed by atoms with van der Waals surface area (Å²) in [5, 5.41) is 14.8. The second-order valence-corrected chi connectivity index (χ2v) is 9.24. The van der Waals surface area contributed by atoms with Gasteiger partial charge in [-0.15, -0.1) is 0 Å². The third-order valence-corrected chi connectivity index (χ3v) is 6.99. The van der Waals surface area contributed by atoms with E-state index >= 15 is 0 Å². The summed E-state index contributed by atoms with van der Waals surface area (Å²) in [6, 6.07) is 13.5. The monoisotopic (exact) mass is 449 g/mol. The van der Waals surface area contributed by atoms with Gasteiger partial charge in [-0.3, -0.25) is 14.9 Å². The molecule has 1 saturated carbocycles. The molecular weight excluding hydrogens is 418 g/mol. The van der Waals surface area contributed by atoms with E-state index in [9.17, 15) is 14.9 Å². The van der Waals surface area contributed by atoms with Crippen LogP contribution in [0.2, 0.25) is 0 Å². The van der Waals surface area contributed by atoms with Crippen molar-refractivity contribution in [3.63, 3.8) is 0 Å². The van der Waals surface area contributed by atoms with Crippen molar-refractivity contribution in [2.75, 3.05) is 7.11 Å². The Bertz CT molecular complexity index is 1080. The molecule has 0 aromatic heterocycles. The van der Waals surface area contributed by atoms with Crippen molar-refractivity contribution in [1.82, 2.24) is 0 Å². The number of nitrogens with zero attached hydrogens (tertiary/aromatic N) is 1. The molecular formula is C27H31NO5. The SMILES string of the molecule is COC(=O)CCC1=CC(c2ccc3ccccc3c2)([N+](=O)[O-])C(OC2CCC(C)CC2)C=C1. The third kappa shape index (κ3) is 4.86. The lowest BCUT2D eigenvalue weighted by Gasteiger charge is -2.36. The fourth-order valence-corrected chi connectivity index (χ4v) is 4.94. The van der Waals surface area contributed by atoms with Gasteiger partial charge in [-0.05, 0) is 66.5 Å². The van der Waals surface area contributed by atoms with Gasteiger partial charge in [-0.2, -0.15) is 0 Å². The molecule has 0 aliphatic heterocycles. The molecule has 4 rings (SSSR count). The number of fused-ring (bicyclic) bond motifs is 1. The molecule has 0 heterocycles. The van der Waals surface area contributed by atoms with Gasteiger partial charge in [0.2, 0.25) is 0 Å². The lowest BCUT2D eigenvalue weighted by Crippen LogP contribution is -2.48. The number of rotatable bonds is 7. The van der Waals surface area contributed by atoms with Crippen LogP contribution in [0.3, 0.4) is 0 Å². The molecule has 2 unspecified atom stereocenters. The Labute approximate surface area is 194 Å². The summed E-state index contributed by atoms with van der Waals surface area (Å²) in [5.41, 5.74) is -0.240. The summed E-state index contributed by atoms with van der Waals surface area (Å²) in [4.78, 5) is 24.3. The number of methoxy groups -OCH3 is 1. The highest BCUT2D eigenvalue weighted by molar-refractivity contribution is 5.83. The zero-order valence-electron chi connectivity index (χ0n) is 19.2. The van der Waals surface area contributed by atoms with Crippen LogP contribution in [0.5, 0.6) is 0 Å². The molecule has 33 heavy (non-hydrogen) atoms. The second-order valence-electron chi connectivity index (χ2n) is 9.24. The van der Waals surface area contributed by atoms with E-state index in [4.69, 9.17) is 9.47 Å². The molecule has 0 radical (unpaired) electrons. The normalized spacial score (nSPS) is 27.2. The Balaban J connectivity index is 1.74. The van der Waals surface area contributed by atoms with E-state index in [1.54, 1.807) is 6.08 Å². The van der Waals surface area contributed by atoms with Gasteiger partial charge >= 0.3 is 5.97 Å². The van der Waals surface area contributed by atoms with Crippen molar-refractivity contribution in [2.24, 2.45) is 5.92 Å². The maximum Gasteiger partial charge on any atom is 0.305 e. The second kappa shape index (κ2) is 9.87. The minimum atomic E-state index is -1.56. The van der Waals surface area contributed by atoms with Crippen molar-refractivity contribution >= 4 is 16.7 Å². The highest BCUT2D eigenvalue weighted by atomic mass is 16.6. The largest absolute Gasteiger partial charge is 0.469 e. The number of nitro groups is 1. The molecule has 174 valence electrons. The van der Waals surface area contributed by atoms with Crippen molar-refractivity contribution < 1.29 is 19.2 Å². The molecule has 0 amide bonds. The number of carbonyl (C=O) groups is 1. The topological polar surface area (TPSA) is 78.7 Å². The van der Waals surface area contributed by atoms with Crippen LogP contribution in [0.25, 0.3) is 10.8 Å². The predicted molar refractivity (Wildman–Crippen MR) is 127 cm³/mol. The van der Waals surface area contributed by atoms with E-state index in [1.807, 2.05) is 54.6 Å². The van der Waals surface area contributed by atoms with E-state index in [-0.39, 0.29) is 23.4 Å². The molecule has 0 saturated heterocycles. The maximum atomic E-state index is 12.8. The van der Waals surface area contributed by atoms with E-state index in [2.05, 4.69) is 6.92 Å². The third-order valence-electron chi connectivity index (χ3n) is 6.99. The van der Waals surface area contributed by atoms with Gasteiger partial charge in [0, 0.05) is 23.0 Å². The van der Waals surface area contributed by atoms with E-state index < -0.39 is 11.6 Å². The summed E-state index contributed by atoms with van der Waals surface area (Å²) in [5.74, 6) is 0.328. The number of carbonyl (C=O) groups excluding carboxylic acids is 1. The average molecular weight is 450 g/mol. The standard InChI is InChI=1S/C27H31NO5/c1-19-7-13-24(14-8-19)33-25-15-9-20(10-16-26(29)32-2)18-27(25,28(30)31)23-12-11-21-5-3-4-6-22(21)17-23/h3-6,9,11-12,15,17-19,24-25H,7-8,10,13-14,16H2,1-2H3. The van der Waals surface area contributed by atoms with E-state index in [1.165, 1.54) is 7.11 Å². The van der Waals surface area contributed by atoms with Crippen LogP contribution < -0.4 is 0 Å². The van der Waals surface area contributed by atoms with Crippen molar-refractivity contribution in [2.45, 2.75) is 63.2 Å². The number of hydrogen-bond donors (Lipinski definition) is 0. The lowest BCUT2D eigenvalue weighted by molar-refractivity contribution is -0.576. The van der Waals surface area contributed by atoms with Crippen LogP contribution >= 0.6 is 0 Å². The number of esters is 1. The molecule has 2 aromatic carbocycles. The van der Waals surface area contributed by atoms with Gasteiger partial charge in [0.05, 0.1) is 13.2 Å². The molecule has 0 bridgehead atoms. The van der Waals surface area contributed by atoms with Crippen molar-refractivity contribution in [1.29, 1.82) is 0 Å². The quantitative estimate of drug-likeness (QED) is 0.307. The van der Waals surface area contributed by atoms with Crippen LogP contribution in [-0.4, -0.2) is 30.2 Å². The van der Waals surface area contributed by atoms with Crippen molar-refractivity contribution in [3.05, 3.63) is 81.9 Å². The summed E-state index contributed by atoms with van der Waals surface area (Å²) < 4.78 is 11.2. The Morgan fingerprint density at radius 1 is 1.12 bits per heavy atom. The Hall–Kier alpha value is -2.99. The number of benzene rings is 2. The van der Waals surface area contributed by atoms with Crippen LogP contribution in [0.4, 0.5) is 0 Å². The smallest absolute Gasteiger partial charge is 0.305 e. The first-order valence-corrected chi connectivity index (χ1v) is 11.7. The predicted octanol–water partition coefficient (Wildman–Crippen LogP) is 5.73. The maximum absolute atomic E-state index is 12.8. The molecule has 0 spiro atoms. The Morgan fingerprint density at radius 3 is 2.55 bits per heavy atom. The van der Waals surface area contributed by atoms with Crippen molar-refractivity contribution in [3.8, 4) is 0 Å². The minimum Gasteiger partial charge on any atom is -0.469 e. The zero-order chi connectivity index (χ0) is 23.4. The van der Waals surface area contributed by atoms with Gasteiger partial charge in [0.1, 0.15) is 0 Å². The highest BCUT2D eigenvalue weighted by Crippen LogP contribution is 2.41. The van der Waals surface area contributed by atoms with Crippen LogP contribution in [0, 0.1) is 16.0 Å². The first-order chi connectivity index (χ1) is 15.9. The zero-order valence-corrected chi connectivity index (χ0v) is 19.2. The van der Waals surface area contributed by atoms with Crippen LogP contribution in [0.15, 0.2) is 66.3 Å². The van der Waals surface area contributed by atoms with Gasteiger partial charge in [-0.1, -0.05) is 49.4 Å².